The molecule has 0 aliphatic rings. The number of furan rings is 1. The first-order valence-corrected chi connectivity index (χ1v) is 2.84. The molecule has 0 spiro atoms. The van der Waals surface area contributed by atoms with E-state index in [0.717, 1.165) is 17.1 Å². The number of hydrogen-bond donors (Lipinski definition) is 0. The minimum Gasteiger partial charge on any atom is -0.493 e. The summed E-state index contributed by atoms with van der Waals surface area (Å²) in [5.74, 6) is 1.75. The quantitative estimate of drug-likeness (QED) is 0.573. The summed E-state index contributed by atoms with van der Waals surface area (Å²) in [5, 5.41) is 0. The Morgan fingerprint density at radius 2 is 2.11 bits per heavy atom. The van der Waals surface area contributed by atoms with Crippen LogP contribution in [0.4, 0.5) is 0 Å². The third-order valence-corrected chi connectivity index (χ3v) is 1.46. The summed E-state index contributed by atoms with van der Waals surface area (Å²) >= 11 is 0. The Morgan fingerprint density at radius 1 is 1.44 bits per heavy atom. The van der Waals surface area contributed by atoms with Crippen molar-refractivity contribution in [2.24, 2.45) is 0 Å². The van der Waals surface area contributed by atoms with Gasteiger partial charge in [-0.25, -0.2) is 0 Å². The lowest BCUT2D eigenvalue weighted by Crippen LogP contribution is -1.81. The molecule has 0 amide bonds. The molecule has 50 valence electrons. The van der Waals surface area contributed by atoms with Crippen molar-refractivity contribution in [3.05, 3.63) is 17.6 Å². The molecule has 1 aromatic heterocycles. The van der Waals surface area contributed by atoms with Crippen LogP contribution >= 0.6 is 0 Å². The van der Waals surface area contributed by atoms with Gasteiger partial charge in [-0.15, -0.1) is 0 Å². The van der Waals surface area contributed by atoms with E-state index in [1.807, 2.05) is 13.8 Å². The van der Waals surface area contributed by atoms with Gasteiger partial charge >= 0.3 is 0 Å². The zero-order valence-corrected chi connectivity index (χ0v) is 5.89. The Labute approximate surface area is 54.4 Å². The summed E-state index contributed by atoms with van der Waals surface area (Å²) in [7, 11) is 1.64. The first kappa shape index (κ1) is 6.20. The van der Waals surface area contributed by atoms with Crippen LogP contribution in [0.25, 0.3) is 0 Å². The SMILES string of the molecule is COc1coc(C)c1C. The fraction of sp³-hybridized carbons (Fsp3) is 0.429. The molecule has 0 aliphatic carbocycles. The van der Waals surface area contributed by atoms with E-state index in [0.29, 0.717) is 0 Å². The Balaban J connectivity index is 3.04. The smallest absolute Gasteiger partial charge is 0.160 e. The lowest BCUT2D eigenvalue weighted by molar-refractivity contribution is 0.403. The van der Waals surface area contributed by atoms with Gasteiger partial charge in [0.25, 0.3) is 0 Å². The third-order valence-electron chi connectivity index (χ3n) is 1.46. The van der Waals surface area contributed by atoms with Crippen LogP contribution in [-0.2, 0) is 0 Å². The number of hydrogen-bond acceptors (Lipinski definition) is 2. The van der Waals surface area contributed by atoms with E-state index in [1.54, 1.807) is 13.4 Å². The summed E-state index contributed by atoms with van der Waals surface area (Å²) in [4.78, 5) is 0. The maximum atomic E-state index is 5.06. The molecule has 2 nitrogen and oxygen atoms in total. The zero-order chi connectivity index (χ0) is 6.85. The van der Waals surface area contributed by atoms with Gasteiger partial charge < -0.3 is 9.15 Å². The maximum absolute atomic E-state index is 5.06. The second-order valence-corrected chi connectivity index (χ2v) is 1.99. The highest BCUT2D eigenvalue weighted by atomic mass is 16.5. The Bertz CT molecular complexity index is 201. The van der Waals surface area contributed by atoms with Crippen molar-refractivity contribution < 1.29 is 9.15 Å². The molecule has 2 heteroatoms. The molecule has 0 saturated heterocycles. The van der Waals surface area contributed by atoms with E-state index < -0.39 is 0 Å². The predicted molar refractivity (Wildman–Crippen MR) is 34.7 cm³/mol. The highest BCUT2D eigenvalue weighted by Gasteiger charge is 2.03. The van der Waals surface area contributed by atoms with E-state index in [4.69, 9.17) is 9.15 Å². The topological polar surface area (TPSA) is 22.4 Å². The van der Waals surface area contributed by atoms with Gasteiger partial charge in [-0.3, -0.25) is 0 Å². The van der Waals surface area contributed by atoms with Gasteiger partial charge in [-0.05, 0) is 13.8 Å². The normalized spacial score (nSPS) is 9.67. The highest BCUT2D eigenvalue weighted by Crippen LogP contribution is 2.21. The van der Waals surface area contributed by atoms with Gasteiger partial charge in [0, 0.05) is 5.56 Å². The van der Waals surface area contributed by atoms with Crippen LogP contribution in [0, 0.1) is 13.8 Å². The Morgan fingerprint density at radius 3 is 2.33 bits per heavy atom. The van der Waals surface area contributed by atoms with Crippen molar-refractivity contribution in [2.45, 2.75) is 13.8 Å². The molecule has 0 bridgehead atoms. The molecule has 0 aromatic carbocycles. The fourth-order valence-electron chi connectivity index (χ4n) is 0.693. The number of aryl methyl sites for hydroxylation is 1. The molecule has 1 rings (SSSR count). The van der Waals surface area contributed by atoms with Crippen LogP contribution in [0.15, 0.2) is 10.7 Å². The molecule has 1 aromatic rings. The molecular weight excluding hydrogens is 116 g/mol. The monoisotopic (exact) mass is 126 g/mol. The molecule has 0 N–H and O–H groups in total. The van der Waals surface area contributed by atoms with Crippen LogP contribution < -0.4 is 4.74 Å². The summed E-state index contributed by atoms with van der Waals surface area (Å²) in [6.07, 6.45) is 1.62. The van der Waals surface area contributed by atoms with E-state index in [9.17, 15) is 0 Å². The molecule has 1 heterocycles. The van der Waals surface area contributed by atoms with Crippen LogP contribution in [0.5, 0.6) is 5.75 Å². The number of ether oxygens (including phenoxy) is 1. The minimum atomic E-state index is 0.826. The van der Waals surface area contributed by atoms with Gasteiger partial charge in [0.15, 0.2) is 5.75 Å². The van der Waals surface area contributed by atoms with E-state index >= 15 is 0 Å². The standard InChI is InChI=1S/C7H10O2/c1-5-6(2)9-4-7(5)8-3/h4H,1-3H3. The fourth-order valence-corrected chi connectivity index (χ4v) is 0.693. The van der Waals surface area contributed by atoms with Gasteiger partial charge in [0.1, 0.15) is 12.0 Å². The molecule has 0 fully saturated rings. The first-order valence-electron chi connectivity index (χ1n) is 2.84. The van der Waals surface area contributed by atoms with Crippen molar-refractivity contribution in [2.75, 3.05) is 7.11 Å². The predicted octanol–water partition coefficient (Wildman–Crippen LogP) is 1.91. The second-order valence-electron chi connectivity index (χ2n) is 1.99. The molecule has 0 radical (unpaired) electrons. The molecular formula is C7H10O2. The maximum Gasteiger partial charge on any atom is 0.160 e. The van der Waals surface area contributed by atoms with Crippen molar-refractivity contribution in [1.29, 1.82) is 0 Å². The van der Waals surface area contributed by atoms with Crippen molar-refractivity contribution in [1.82, 2.24) is 0 Å². The van der Waals surface area contributed by atoms with E-state index in [-0.39, 0.29) is 0 Å². The van der Waals surface area contributed by atoms with Gasteiger partial charge in [-0.1, -0.05) is 0 Å². The summed E-state index contributed by atoms with van der Waals surface area (Å²) in [5.41, 5.74) is 1.08. The molecule has 0 aliphatic heterocycles. The van der Waals surface area contributed by atoms with Crippen LogP contribution in [0.2, 0.25) is 0 Å². The number of rotatable bonds is 1. The molecule has 0 saturated carbocycles. The Hall–Kier alpha value is -0.920. The van der Waals surface area contributed by atoms with Crippen LogP contribution in [-0.4, -0.2) is 7.11 Å². The summed E-state index contributed by atoms with van der Waals surface area (Å²) in [6.45, 7) is 3.88. The minimum absolute atomic E-state index is 0.826. The molecule has 0 unspecified atom stereocenters. The molecule has 9 heavy (non-hydrogen) atoms. The lowest BCUT2D eigenvalue weighted by atomic mass is 10.3. The largest absolute Gasteiger partial charge is 0.493 e. The van der Waals surface area contributed by atoms with Crippen molar-refractivity contribution >= 4 is 0 Å². The van der Waals surface area contributed by atoms with Gasteiger partial charge in [-0.2, -0.15) is 0 Å². The average Bonchev–Trinajstić information content (AvgIpc) is 2.15. The van der Waals surface area contributed by atoms with Gasteiger partial charge in [0.2, 0.25) is 0 Å². The second kappa shape index (κ2) is 2.13. The Kier molecular flexibility index (Phi) is 1.47. The van der Waals surface area contributed by atoms with Gasteiger partial charge in [0.05, 0.1) is 7.11 Å². The van der Waals surface area contributed by atoms with E-state index in [1.165, 1.54) is 0 Å². The number of methoxy groups -OCH3 is 1. The lowest BCUT2D eigenvalue weighted by Gasteiger charge is -1.92. The van der Waals surface area contributed by atoms with Crippen molar-refractivity contribution in [3.8, 4) is 5.75 Å². The molecule has 0 atom stereocenters. The summed E-state index contributed by atoms with van der Waals surface area (Å²) in [6, 6.07) is 0. The van der Waals surface area contributed by atoms with Crippen molar-refractivity contribution in [3.63, 3.8) is 0 Å². The highest BCUT2D eigenvalue weighted by molar-refractivity contribution is 5.31. The zero-order valence-electron chi connectivity index (χ0n) is 5.89. The first-order chi connectivity index (χ1) is 4.25. The summed E-state index contributed by atoms with van der Waals surface area (Å²) < 4.78 is 10.0. The average molecular weight is 126 g/mol. The van der Waals surface area contributed by atoms with Crippen LogP contribution in [0.3, 0.4) is 0 Å². The third kappa shape index (κ3) is 0.922. The van der Waals surface area contributed by atoms with E-state index in [2.05, 4.69) is 0 Å². The van der Waals surface area contributed by atoms with Crippen LogP contribution in [0.1, 0.15) is 11.3 Å².